The molecule has 0 fully saturated rings. The first-order valence-corrected chi connectivity index (χ1v) is 6.11. The van der Waals surface area contributed by atoms with E-state index in [1.807, 2.05) is 18.5 Å². The number of rotatable bonds is 1. The van der Waals surface area contributed by atoms with Crippen molar-refractivity contribution < 1.29 is 4.74 Å². The van der Waals surface area contributed by atoms with Crippen LogP contribution in [0.5, 0.6) is 5.75 Å². The third-order valence-corrected chi connectivity index (χ3v) is 3.26. The Labute approximate surface area is 101 Å². The summed E-state index contributed by atoms with van der Waals surface area (Å²) in [4.78, 5) is 4.15. The highest BCUT2D eigenvalue weighted by Gasteiger charge is 2.16. The number of nitrogens with one attached hydrogen (secondary N) is 1. The van der Waals surface area contributed by atoms with E-state index in [-0.39, 0.29) is 6.10 Å². The van der Waals surface area contributed by atoms with E-state index in [2.05, 4.69) is 29.4 Å². The molecule has 0 saturated heterocycles. The van der Waals surface area contributed by atoms with Crippen LogP contribution in [-0.4, -0.2) is 17.6 Å². The number of aromatic nitrogens is 1. The standard InChI is InChI=1S/C14H16N2O/c1-2-13-9-16-8-12-5-10-3-4-15-7-11(10)6-14(12)17-13/h3-7,13,16H,2,8-9H2,1H3/t13-/m1/s1. The van der Waals surface area contributed by atoms with Crippen molar-refractivity contribution in [2.24, 2.45) is 0 Å². The molecule has 3 nitrogen and oxygen atoms in total. The molecular weight excluding hydrogens is 212 g/mol. The molecule has 1 N–H and O–H groups in total. The number of hydrogen-bond acceptors (Lipinski definition) is 3. The zero-order valence-electron chi connectivity index (χ0n) is 9.94. The van der Waals surface area contributed by atoms with Gasteiger partial charge in [0, 0.05) is 36.4 Å². The monoisotopic (exact) mass is 228 g/mol. The van der Waals surface area contributed by atoms with Crippen LogP contribution in [0.25, 0.3) is 10.8 Å². The second-order valence-corrected chi connectivity index (χ2v) is 4.46. The molecule has 3 heteroatoms. The van der Waals surface area contributed by atoms with Gasteiger partial charge in [0.2, 0.25) is 0 Å². The van der Waals surface area contributed by atoms with Crippen LogP contribution in [0.2, 0.25) is 0 Å². The number of fused-ring (bicyclic) bond motifs is 2. The van der Waals surface area contributed by atoms with Crippen molar-refractivity contribution in [1.82, 2.24) is 10.3 Å². The fourth-order valence-electron chi connectivity index (χ4n) is 2.23. The van der Waals surface area contributed by atoms with E-state index in [0.717, 1.165) is 30.6 Å². The van der Waals surface area contributed by atoms with Crippen molar-refractivity contribution in [3.05, 3.63) is 36.2 Å². The lowest BCUT2D eigenvalue weighted by Gasteiger charge is -2.15. The molecule has 0 spiro atoms. The molecule has 1 aliphatic rings. The van der Waals surface area contributed by atoms with E-state index in [9.17, 15) is 0 Å². The molecule has 1 aromatic carbocycles. The lowest BCUT2D eigenvalue weighted by molar-refractivity contribution is 0.202. The van der Waals surface area contributed by atoms with Crippen molar-refractivity contribution in [3.63, 3.8) is 0 Å². The highest BCUT2D eigenvalue weighted by Crippen LogP contribution is 2.28. The number of hydrogen-bond donors (Lipinski definition) is 1. The highest BCUT2D eigenvalue weighted by atomic mass is 16.5. The van der Waals surface area contributed by atoms with Gasteiger partial charge in [0.15, 0.2) is 0 Å². The van der Waals surface area contributed by atoms with Crippen LogP contribution in [0.4, 0.5) is 0 Å². The Bertz CT molecular complexity index is 539. The fourth-order valence-corrected chi connectivity index (χ4v) is 2.23. The number of nitrogens with zero attached hydrogens (tertiary/aromatic N) is 1. The first kappa shape index (κ1) is 10.5. The van der Waals surface area contributed by atoms with E-state index in [4.69, 9.17) is 4.74 Å². The third-order valence-electron chi connectivity index (χ3n) is 3.26. The largest absolute Gasteiger partial charge is 0.489 e. The van der Waals surface area contributed by atoms with Crippen molar-refractivity contribution in [2.45, 2.75) is 26.0 Å². The zero-order valence-corrected chi connectivity index (χ0v) is 9.94. The van der Waals surface area contributed by atoms with Gasteiger partial charge >= 0.3 is 0 Å². The first-order valence-electron chi connectivity index (χ1n) is 6.11. The second kappa shape index (κ2) is 4.34. The van der Waals surface area contributed by atoms with Crippen LogP contribution in [0.1, 0.15) is 18.9 Å². The first-order chi connectivity index (χ1) is 8.36. The number of benzene rings is 1. The van der Waals surface area contributed by atoms with Crippen LogP contribution in [0, 0.1) is 0 Å². The summed E-state index contributed by atoms with van der Waals surface area (Å²) >= 11 is 0. The lowest BCUT2D eigenvalue weighted by atomic mass is 10.1. The van der Waals surface area contributed by atoms with Crippen LogP contribution >= 0.6 is 0 Å². The quantitative estimate of drug-likeness (QED) is 0.814. The maximum absolute atomic E-state index is 6.02. The number of ether oxygens (including phenoxy) is 1. The summed E-state index contributed by atoms with van der Waals surface area (Å²) in [6.07, 6.45) is 5.01. The Morgan fingerprint density at radius 1 is 1.41 bits per heavy atom. The maximum Gasteiger partial charge on any atom is 0.124 e. The highest BCUT2D eigenvalue weighted by molar-refractivity contribution is 5.84. The average Bonchev–Trinajstić information content (AvgIpc) is 2.57. The van der Waals surface area contributed by atoms with E-state index in [0.29, 0.717) is 0 Å². The van der Waals surface area contributed by atoms with E-state index >= 15 is 0 Å². The average molecular weight is 228 g/mol. The van der Waals surface area contributed by atoms with Crippen molar-refractivity contribution in [3.8, 4) is 5.75 Å². The van der Waals surface area contributed by atoms with E-state index in [1.165, 1.54) is 10.9 Å². The van der Waals surface area contributed by atoms with Gasteiger partial charge in [-0.3, -0.25) is 4.98 Å². The summed E-state index contributed by atoms with van der Waals surface area (Å²) < 4.78 is 6.02. The van der Waals surface area contributed by atoms with Gasteiger partial charge < -0.3 is 10.1 Å². The molecule has 0 amide bonds. The molecule has 17 heavy (non-hydrogen) atoms. The summed E-state index contributed by atoms with van der Waals surface area (Å²) in [7, 11) is 0. The van der Waals surface area contributed by atoms with Gasteiger partial charge in [-0.25, -0.2) is 0 Å². The molecule has 0 radical (unpaired) electrons. The van der Waals surface area contributed by atoms with Crippen LogP contribution in [0.15, 0.2) is 30.6 Å². The van der Waals surface area contributed by atoms with Crippen molar-refractivity contribution in [2.75, 3.05) is 6.54 Å². The Hall–Kier alpha value is -1.61. The summed E-state index contributed by atoms with van der Waals surface area (Å²) in [6, 6.07) is 6.34. The van der Waals surface area contributed by atoms with Gasteiger partial charge in [0.1, 0.15) is 11.9 Å². The predicted octanol–water partition coefficient (Wildman–Crippen LogP) is 2.50. The predicted molar refractivity (Wildman–Crippen MR) is 68.2 cm³/mol. The Balaban J connectivity index is 2.09. The zero-order chi connectivity index (χ0) is 11.7. The minimum absolute atomic E-state index is 0.269. The van der Waals surface area contributed by atoms with E-state index in [1.54, 1.807) is 0 Å². The SMILES string of the molecule is CC[C@@H]1CNCc2cc3ccncc3cc2O1. The molecule has 2 aromatic rings. The second-order valence-electron chi connectivity index (χ2n) is 4.46. The van der Waals surface area contributed by atoms with Gasteiger partial charge in [-0.1, -0.05) is 6.92 Å². The smallest absolute Gasteiger partial charge is 0.124 e. The normalized spacial score (nSPS) is 19.5. The molecule has 1 aliphatic heterocycles. The molecule has 0 unspecified atom stereocenters. The topological polar surface area (TPSA) is 34.2 Å². The molecule has 0 aliphatic carbocycles. The lowest BCUT2D eigenvalue weighted by Crippen LogP contribution is -2.27. The van der Waals surface area contributed by atoms with Gasteiger partial charge in [-0.15, -0.1) is 0 Å². The summed E-state index contributed by atoms with van der Waals surface area (Å²) in [6.45, 7) is 3.95. The Morgan fingerprint density at radius 2 is 2.35 bits per heavy atom. The van der Waals surface area contributed by atoms with Crippen molar-refractivity contribution in [1.29, 1.82) is 0 Å². The summed E-state index contributed by atoms with van der Waals surface area (Å²) in [5.41, 5.74) is 1.24. The molecule has 88 valence electrons. The molecule has 3 rings (SSSR count). The number of pyridine rings is 1. The summed E-state index contributed by atoms with van der Waals surface area (Å²) in [5, 5.41) is 5.79. The van der Waals surface area contributed by atoms with Crippen molar-refractivity contribution >= 4 is 10.8 Å². The third kappa shape index (κ3) is 1.98. The van der Waals surface area contributed by atoms with Gasteiger partial charge in [-0.05, 0) is 30.0 Å². The van der Waals surface area contributed by atoms with Crippen LogP contribution in [-0.2, 0) is 6.54 Å². The molecule has 1 atom stereocenters. The maximum atomic E-state index is 6.02. The Morgan fingerprint density at radius 3 is 3.24 bits per heavy atom. The molecule has 0 saturated carbocycles. The Kier molecular flexibility index (Phi) is 2.69. The molecular formula is C14H16N2O. The van der Waals surface area contributed by atoms with Gasteiger partial charge in [0.05, 0.1) is 0 Å². The van der Waals surface area contributed by atoms with Gasteiger partial charge in [-0.2, -0.15) is 0 Å². The van der Waals surface area contributed by atoms with Gasteiger partial charge in [0.25, 0.3) is 0 Å². The molecule has 2 heterocycles. The van der Waals surface area contributed by atoms with E-state index < -0.39 is 0 Å². The molecule has 0 bridgehead atoms. The molecule has 1 aromatic heterocycles. The fraction of sp³-hybridized carbons (Fsp3) is 0.357. The summed E-state index contributed by atoms with van der Waals surface area (Å²) in [5.74, 6) is 1.00. The minimum atomic E-state index is 0.269. The minimum Gasteiger partial charge on any atom is -0.489 e. The van der Waals surface area contributed by atoms with Crippen LogP contribution in [0.3, 0.4) is 0 Å². The van der Waals surface area contributed by atoms with Crippen LogP contribution < -0.4 is 10.1 Å².